The second kappa shape index (κ2) is 5.00. The van der Waals surface area contributed by atoms with Gasteiger partial charge in [0.25, 0.3) is 0 Å². The number of carboxylic acids is 1. The second-order valence-electron chi connectivity index (χ2n) is 3.23. The zero-order chi connectivity index (χ0) is 10.6. The van der Waals surface area contributed by atoms with E-state index in [0.29, 0.717) is 19.4 Å². The Labute approximate surface area is 87.1 Å². The number of hydrogen-bond acceptors (Lipinski definition) is 2. The van der Waals surface area contributed by atoms with Crippen LogP contribution in [0.2, 0.25) is 0 Å². The van der Waals surface area contributed by atoms with E-state index >= 15 is 0 Å². The van der Waals surface area contributed by atoms with E-state index in [0.717, 1.165) is 0 Å². The molecule has 0 saturated carbocycles. The van der Waals surface area contributed by atoms with Gasteiger partial charge < -0.3 is 10.0 Å². The third-order valence-corrected chi connectivity index (χ3v) is 2.44. The molecule has 1 saturated heterocycles. The summed E-state index contributed by atoms with van der Waals surface area (Å²) in [5, 5.41) is 8.79. The summed E-state index contributed by atoms with van der Waals surface area (Å²) in [4.78, 5) is 23.5. The lowest BCUT2D eigenvalue weighted by Gasteiger charge is -2.29. The van der Waals surface area contributed by atoms with Gasteiger partial charge in [-0.25, -0.2) is 0 Å². The highest BCUT2D eigenvalue weighted by Crippen LogP contribution is 2.17. The molecule has 1 unspecified atom stereocenters. The van der Waals surface area contributed by atoms with Gasteiger partial charge in [0, 0.05) is 25.0 Å². The van der Waals surface area contributed by atoms with Crippen LogP contribution in [0.5, 0.6) is 0 Å². The van der Waals surface area contributed by atoms with Crippen LogP contribution in [-0.2, 0) is 9.59 Å². The summed E-state index contributed by atoms with van der Waals surface area (Å²) in [7, 11) is 0. The van der Waals surface area contributed by atoms with Crippen LogP contribution < -0.4 is 0 Å². The van der Waals surface area contributed by atoms with Crippen LogP contribution in [0.3, 0.4) is 0 Å². The first-order chi connectivity index (χ1) is 6.65. The Morgan fingerprint density at radius 3 is 3.00 bits per heavy atom. The van der Waals surface area contributed by atoms with E-state index in [4.69, 9.17) is 16.7 Å². The van der Waals surface area contributed by atoms with Crippen molar-refractivity contribution in [2.24, 2.45) is 5.92 Å². The predicted octanol–water partition coefficient (Wildman–Crippen LogP) is 1.06. The number of halogens is 1. The summed E-state index contributed by atoms with van der Waals surface area (Å²) >= 11 is 5.33. The van der Waals surface area contributed by atoms with Crippen molar-refractivity contribution in [2.75, 3.05) is 13.1 Å². The summed E-state index contributed by atoms with van der Waals surface area (Å²) in [5.41, 5.74) is 1.33. The average molecular weight is 218 g/mol. The van der Waals surface area contributed by atoms with Gasteiger partial charge in [0.15, 0.2) is 0 Å². The smallest absolute Gasteiger partial charge is 0.308 e. The molecule has 0 aliphatic carbocycles. The Bertz CT molecular complexity index is 265. The number of carbonyl (C=O) groups is 2. The van der Waals surface area contributed by atoms with Gasteiger partial charge in [0.05, 0.1) is 5.92 Å². The number of aliphatic carboxylic acids is 1. The summed E-state index contributed by atoms with van der Waals surface area (Å²) in [5.74, 6) is -1.27. The molecule has 1 N–H and O–H groups in total. The van der Waals surface area contributed by atoms with E-state index in [2.05, 4.69) is 0 Å². The molecular formula is C9H12ClNO3. The van der Waals surface area contributed by atoms with E-state index in [9.17, 15) is 9.59 Å². The van der Waals surface area contributed by atoms with E-state index in [-0.39, 0.29) is 12.5 Å². The summed E-state index contributed by atoms with van der Waals surface area (Å²) in [6.07, 6.45) is 2.38. The van der Waals surface area contributed by atoms with E-state index in [1.807, 2.05) is 0 Å². The first-order valence-electron chi connectivity index (χ1n) is 4.41. The largest absolute Gasteiger partial charge is 0.481 e. The van der Waals surface area contributed by atoms with Crippen molar-refractivity contribution in [3.63, 3.8) is 0 Å². The number of nitrogens with zero attached hydrogens (tertiary/aromatic N) is 1. The Kier molecular flexibility index (Phi) is 3.95. The van der Waals surface area contributed by atoms with Gasteiger partial charge >= 0.3 is 5.97 Å². The maximum Gasteiger partial charge on any atom is 0.308 e. The molecule has 0 aromatic heterocycles. The van der Waals surface area contributed by atoms with Crippen molar-refractivity contribution in [3.05, 3.63) is 11.6 Å². The highest BCUT2D eigenvalue weighted by molar-refractivity contribution is 6.25. The fourth-order valence-corrected chi connectivity index (χ4v) is 1.54. The van der Waals surface area contributed by atoms with Gasteiger partial charge in [-0.15, -0.1) is 0 Å². The minimum Gasteiger partial charge on any atom is -0.481 e. The Hall–Kier alpha value is -1.03. The minimum atomic E-state index is -0.836. The van der Waals surface area contributed by atoms with Gasteiger partial charge in [-0.05, 0) is 6.42 Å². The van der Waals surface area contributed by atoms with Gasteiger partial charge in [0.2, 0.25) is 5.91 Å². The maximum atomic E-state index is 11.3. The Morgan fingerprint density at radius 2 is 2.43 bits per heavy atom. The standard InChI is InChI=1S/C9H12ClNO3/c10-4-1-5-11-6-7(9(13)14)2-3-8(11)12/h1,4,7H,2-3,5-6H2,(H,13,14)/b4-1+. The van der Waals surface area contributed by atoms with Crippen LogP contribution in [0.4, 0.5) is 0 Å². The molecular weight excluding hydrogens is 206 g/mol. The molecule has 4 nitrogen and oxygen atoms in total. The van der Waals surface area contributed by atoms with Crippen molar-refractivity contribution in [2.45, 2.75) is 12.8 Å². The maximum absolute atomic E-state index is 11.3. The fraction of sp³-hybridized carbons (Fsp3) is 0.556. The number of carboxylic acid groups (broad SMARTS) is 1. The molecule has 1 aliphatic heterocycles. The average Bonchev–Trinajstić information content (AvgIpc) is 2.16. The molecule has 1 amide bonds. The van der Waals surface area contributed by atoms with Gasteiger partial charge in [-0.3, -0.25) is 9.59 Å². The van der Waals surface area contributed by atoms with Crippen LogP contribution >= 0.6 is 11.6 Å². The quantitative estimate of drug-likeness (QED) is 0.769. The summed E-state index contributed by atoms with van der Waals surface area (Å²) in [6, 6.07) is 0. The lowest BCUT2D eigenvalue weighted by molar-refractivity contribution is -0.147. The Morgan fingerprint density at radius 1 is 1.71 bits per heavy atom. The third-order valence-electron chi connectivity index (χ3n) is 2.26. The van der Waals surface area contributed by atoms with Crippen molar-refractivity contribution < 1.29 is 14.7 Å². The first kappa shape index (κ1) is 11.0. The topological polar surface area (TPSA) is 57.6 Å². The Balaban J connectivity index is 2.55. The van der Waals surface area contributed by atoms with Crippen LogP contribution in [0.1, 0.15) is 12.8 Å². The predicted molar refractivity (Wildman–Crippen MR) is 51.9 cm³/mol. The zero-order valence-corrected chi connectivity index (χ0v) is 8.41. The molecule has 0 bridgehead atoms. The third kappa shape index (κ3) is 2.73. The lowest BCUT2D eigenvalue weighted by atomic mass is 9.98. The molecule has 0 aromatic carbocycles. The highest BCUT2D eigenvalue weighted by atomic mass is 35.5. The normalized spacial score (nSPS) is 23.1. The van der Waals surface area contributed by atoms with E-state index in [1.54, 1.807) is 6.08 Å². The van der Waals surface area contributed by atoms with Crippen LogP contribution in [0.15, 0.2) is 11.6 Å². The zero-order valence-electron chi connectivity index (χ0n) is 7.65. The number of rotatable bonds is 3. The first-order valence-corrected chi connectivity index (χ1v) is 4.84. The van der Waals surface area contributed by atoms with Crippen molar-refractivity contribution in [3.8, 4) is 0 Å². The molecule has 1 heterocycles. The number of hydrogen-bond donors (Lipinski definition) is 1. The highest BCUT2D eigenvalue weighted by Gasteiger charge is 2.29. The molecule has 1 fully saturated rings. The van der Waals surface area contributed by atoms with E-state index in [1.165, 1.54) is 10.4 Å². The monoisotopic (exact) mass is 217 g/mol. The molecule has 5 heteroatoms. The molecule has 0 spiro atoms. The molecule has 1 aliphatic rings. The van der Waals surface area contributed by atoms with Crippen LogP contribution in [0.25, 0.3) is 0 Å². The fourth-order valence-electron chi connectivity index (χ4n) is 1.46. The lowest BCUT2D eigenvalue weighted by Crippen LogP contribution is -2.42. The summed E-state index contributed by atoms with van der Waals surface area (Å²) < 4.78 is 0. The number of carbonyl (C=O) groups excluding carboxylic acids is 1. The van der Waals surface area contributed by atoms with Gasteiger partial charge in [0.1, 0.15) is 0 Å². The minimum absolute atomic E-state index is 0.00253. The van der Waals surface area contributed by atoms with Crippen molar-refractivity contribution in [1.82, 2.24) is 4.90 Å². The van der Waals surface area contributed by atoms with Crippen LogP contribution in [-0.4, -0.2) is 35.0 Å². The molecule has 1 rings (SSSR count). The van der Waals surface area contributed by atoms with Crippen molar-refractivity contribution in [1.29, 1.82) is 0 Å². The number of likely N-dealkylation sites (tertiary alicyclic amines) is 1. The molecule has 14 heavy (non-hydrogen) atoms. The molecule has 0 aromatic rings. The second-order valence-corrected chi connectivity index (χ2v) is 3.49. The number of amides is 1. The number of piperidine rings is 1. The SMILES string of the molecule is O=C(O)C1CCC(=O)N(C/C=C/Cl)C1. The molecule has 78 valence electrons. The van der Waals surface area contributed by atoms with Gasteiger partial charge in [-0.2, -0.15) is 0 Å². The molecule has 1 atom stereocenters. The van der Waals surface area contributed by atoms with E-state index < -0.39 is 11.9 Å². The summed E-state index contributed by atoms with van der Waals surface area (Å²) in [6.45, 7) is 0.682. The van der Waals surface area contributed by atoms with Crippen LogP contribution in [0, 0.1) is 5.92 Å². The van der Waals surface area contributed by atoms with Crippen molar-refractivity contribution >= 4 is 23.5 Å². The van der Waals surface area contributed by atoms with Gasteiger partial charge in [-0.1, -0.05) is 17.7 Å². The molecule has 0 radical (unpaired) electrons.